The minimum Gasteiger partial charge on any atom is -0.366 e. The van der Waals surface area contributed by atoms with Gasteiger partial charge in [0.1, 0.15) is 11.1 Å². The van der Waals surface area contributed by atoms with Crippen LogP contribution < -0.4 is 10.6 Å². The standard InChI is InChI=1S/C16H19N3O2S/c20-15(14-10-17-8-9-21-14)18-7-6-13-11-22-16(19-13)12-4-2-1-3-5-12/h1-5,11,14,17H,6-10H2,(H,18,20). The molecule has 3 rings (SSSR count). The molecule has 1 aromatic heterocycles. The molecule has 1 aliphatic rings. The molecule has 2 N–H and O–H groups in total. The van der Waals surface area contributed by atoms with Crippen molar-refractivity contribution in [1.29, 1.82) is 0 Å². The number of hydrogen-bond donors (Lipinski definition) is 2. The van der Waals surface area contributed by atoms with Crippen LogP contribution >= 0.6 is 11.3 Å². The van der Waals surface area contributed by atoms with Crippen molar-refractivity contribution in [2.45, 2.75) is 12.5 Å². The van der Waals surface area contributed by atoms with Crippen molar-refractivity contribution >= 4 is 17.2 Å². The van der Waals surface area contributed by atoms with Gasteiger partial charge in [-0.25, -0.2) is 4.98 Å². The van der Waals surface area contributed by atoms with Gasteiger partial charge in [0, 0.05) is 37.0 Å². The van der Waals surface area contributed by atoms with Crippen LogP contribution in [0.4, 0.5) is 0 Å². The zero-order chi connectivity index (χ0) is 15.2. The first-order chi connectivity index (χ1) is 10.8. The summed E-state index contributed by atoms with van der Waals surface area (Å²) in [6.45, 7) is 2.56. The van der Waals surface area contributed by atoms with Crippen LogP contribution in [0, 0.1) is 0 Å². The average molecular weight is 317 g/mol. The third-order valence-corrected chi connectivity index (χ3v) is 4.41. The number of carbonyl (C=O) groups is 1. The number of hydrogen-bond acceptors (Lipinski definition) is 5. The summed E-state index contributed by atoms with van der Waals surface area (Å²) in [6.07, 6.45) is 0.360. The minimum atomic E-state index is -0.371. The van der Waals surface area contributed by atoms with Gasteiger partial charge >= 0.3 is 0 Å². The van der Waals surface area contributed by atoms with Crippen molar-refractivity contribution in [2.24, 2.45) is 0 Å². The van der Waals surface area contributed by atoms with Crippen molar-refractivity contribution < 1.29 is 9.53 Å². The number of ether oxygens (including phenoxy) is 1. The van der Waals surface area contributed by atoms with Gasteiger partial charge in [0.15, 0.2) is 0 Å². The predicted octanol–water partition coefficient (Wildman–Crippen LogP) is 1.46. The second kappa shape index (κ2) is 7.49. The molecule has 1 saturated heterocycles. The van der Waals surface area contributed by atoms with Crippen LogP contribution in [0.25, 0.3) is 10.6 Å². The number of aromatic nitrogens is 1. The highest BCUT2D eigenvalue weighted by molar-refractivity contribution is 7.13. The predicted molar refractivity (Wildman–Crippen MR) is 86.9 cm³/mol. The lowest BCUT2D eigenvalue weighted by atomic mass is 10.2. The van der Waals surface area contributed by atoms with Crippen LogP contribution in [-0.2, 0) is 16.0 Å². The molecule has 0 aliphatic carbocycles. The first kappa shape index (κ1) is 15.1. The van der Waals surface area contributed by atoms with E-state index in [2.05, 4.69) is 27.8 Å². The Balaban J connectivity index is 1.48. The highest BCUT2D eigenvalue weighted by Gasteiger charge is 2.21. The number of thiazole rings is 1. The quantitative estimate of drug-likeness (QED) is 0.876. The molecule has 0 saturated carbocycles. The third kappa shape index (κ3) is 3.91. The molecule has 2 heterocycles. The second-order valence-corrected chi connectivity index (χ2v) is 5.97. The molecular formula is C16H19N3O2S. The van der Waals surface area contributed by atoms with Crippen molar-refractivity contribution in [3.8, 4) is 10.6 Å². The molecule has 0 radical (unpaired) electrons. The van der Waals surface area contributed by atoms with E-state index in [0.29, 0.717) is 19.7 Å². The Bertz CT molecular complexity index is 609. The Hall–Kier alpha value is -1.76. The number of carbonyl (C=O) groups excluding carboxylic acids is 1. The fraction of sp³-hybridized carbons (Fsp3) is 0.375. The number of benzene rings is 1. The van der Waals surface area contributed by atoms with Crippen LogP contribution in [-0.4, -0.2) is 43.2 Å². The molecule has 2 aromatic rings. The Labute approximate surface area is 133 Å². The van der Waals surface area contributed by atoms with E-state index in [9.17, 15) is 4.79 Å². The summed E-state index contributed by atoms with van der Waals surface area (Å²) in [5.74, 6) is -0.0503. The van der Waals surface area contributed by atoms with Gasteiger partial charge in [0.25, 0.3) is 0 Å². The second-order valence-electron chi connectivity index (χ2n) is 5.11. The maximum atomic E-state index is 11.9. The Morgan fingerprint density at radius 1 is 1.41 bits per heavy atom. The summed E-state index contributed by atoms with van der Waals surface area (Å²) < 4.78 is 5.42. The topological polar surface area (TPSA) is 63.2 Å². The molecule has 22 heavy (non-hydrogen) atoms. The van der Waals surface area contributed by atoms with E-state index in [1.54, 1.807) is 11.3 Å². The molecule has 116 valence electrons. The molecule has 1 atom stereocenters. The molecule has 1 unspecified atom stereocenters. The number of rotatable bonds is 5. The maximum Gasteiger partial charge on any atom is 0.250 e. The molecular weight excluding hydrogens is 298 g/mol. The summed E-state index contributed by atoms with van der Waals surface area (Å²) in [4.78, 5) is 16.5. The van der Waals surface area contributed by atoms with E-state index in [-0.39, 0.29) is 12.0 Å². The molecule has 0 spiro atoms. The van der Waals surface area contributed by atoms with Crippen molar-refractivity contribution in [1.82, 2.24) is 15.6 Å². The SMILES string of the molecule is O=C(NCCc1csc(-c2ccccc2)n1)C1CNCCO1. The van der Waals surface area contributed by atoms with Gasteiger partial charge in [0.05, 0.1) is 12.3 Å². The number of amides is 1. The van der Waals surface area contributed by atoms with E-state index in [4.69, 9.17) is 4.74 Å². The summed E-state index contributed by atoms with van der Waals surface area (Å²) in [7, 11) is 0. The summed E-state index contributed by atoms with van der Waals surface area (Å²) in [5, 5.41) is 9.12. The van der Waals surface area contributed by atoms with Gasteiger partial charge in [0.2, 0.25) is 5.91 Å². The molecule has 1 aliphatic heterocycles. The molecule has 1 amide bonds. The molecule has 5 nitrogen and oxygen atoms in total. The molecule has 6 heteroatoms. The average Bonchev–Trinajstić information content (AvgIpc) is 3.05. The van der Waals surface area contributed by atoms with E-state index in [0.717, 1.165) is 29.2 Å². The Morgan fingerprint density at radius 3 is 3.05 bits per heavy atom. The van der Waals surface area contributed by atoms with E-state index in [1.165, 1.54) is 0 Å². The zero-order valence-corrected chi connectivity index (χ0v) is 13.1. The van der Waals surface area contributed by atoms with Gasteiger partial charge in [-0.3, -0.25) is 4.79 Å². The van der Waals surface area contributed by atoms with Gasteiger partial charge in [-0.05, 0) is 0 Å². The molecule has 1 fully saturated rings. The van der Waals surface area contributed by atoms with Gasteiger partial charge in [-0.2, -0.15) is 0 Å². The number of nitrogens with one attached hydrogen (secondary N) is 2. The lowest BCUT2D eigenvalue weighted by Crippen LogP contribution is -2.48. The fourth-order valence-electron chi connectivity index (χ4n) is 2.30. The van der Waals surface area contributed by atoms with Crippen LogP contribution in [0.3, 0.4) is 0 Å². The minimum absolute atomic E-state index is 0.0503. The first-order valence-electron chi connectivity index (χ1n) is 7.43. The summed E-state index contributed by atoms with van der Waals surface area (Å²) in [6, 6.07) is 10.1. The molecule has 1 aromatic carbocycles. The van der Waals surface area contributed by atoms with Crippen LogP contribution in [0.2, 0.25) is 0 Å². The normalized spacial score (nSPS) is 18.1. The van der Waals surface area contributed by atoms with E-state index >= 15 is 0 Å². The van der Waals surface area contributed by atoms with Crippen LogP contribution in [0.1, 0.15) is 5.69 Å². The number of nitrogens with zero attached hydrogens (tertiary/aromatic N) is 1. The smallest absolute Gasteiger partial charge is 0.250 e. The highest BCUT2D eigenvalue weighted by Crippen LogP contribution is 2.23. The lowest BCUT2D eigenvalue weighted by Gasteiger charge is -2.22. The monoisotopic (exact) mass is 317 g/mol. The van der Waals surface area contributed by atoms with Crippen LogP contribution in [0.5, 0.6) is 0 Å². The lowest BCUT2D eigenvalue weighted by molar-refractivity contribution is -0.134. The number of morpholine rings is 1. The maximum absolute atomic E-state index is 11.9. The van der Waals surface area contributed by atoms with E-state index in [1.807, 2.05) is 23.6 Å². The first-order valence-corrected chi connectivity index (χ1v) is 8.31. The Kier molecular flexibility index (Phi) is 5.15. The van der Waals surface area contributed by atoms with Crippen molar-refractivity contribution in [3.63, 3.8) is 0 Å². The van der Waals surface area contributed by atoms with Crippen molar-refractivity contribution in [3.05, 3.63) is 41.4 Å². The highest BCUT2D eigenvalue weighted by atomic mass is 32.1. The fourth-order valence-corrected chi connectivity index (χ4v) is 3.16. The van der Waals surface area contributed by atoms with E-state index < -0.39 is 0 Å². The van der Waals surface area contributed by atoms with Crippen LogP contribution in [0.15, 0.2) is 35.7 Å². The Morgan fingerprint density at radius 2 is 2.27 bits per heavy atom. The summed E-state index contributed by atoms with van der Waals surface area (Å²) >= 11 is 1.63. The van der Waals surface area contributed by atoms with Gasteiger partial charge in [-0.15, -0.1) is 11.3 Å². The largest absolute Gasteiger partial charge is 0.366 e. The third-order valence-electron chi connectivity index (χ3n) is 3.47. The van der Waals surface area contributed by atoms with Gasteiger partial charge in [-0.1, -0.05) is 30.3 Å². The van der Waals surface area contributed by atoms with Crippen molar-refractivity contribution in [2.75, 3.05) is 26.2 Å². The zero-order valence-electron chi connectivity index (χ0n) is 12.2. The van der Waals surface area contributed by atoms with Gasteiger partial charge < -0.3 is 15.4 Å². The molecule has 0 bridgehead atoms. The summed E-state index contributed by atoms with van der Waals surface area (Å²) in [5.41, 5.74) is 2.14.